The summed E-state index contributed by atoms with van der Waals surface area (Å²) in [4.78, 5) is 22.5. The number of anilines is 2. The van der Waals surface area contributed by atoms with E-state index in [0.29, 0.717) is 12.8 Å². The quantitative estimate of drug-likeness (QED) is 0.731. The maximum absolute atomic E-state index is 12.2. The third-order valence-corrected chi connectivity index (χ3v) is 5.78. The summed E-state index contributed by atoms with van der Waals surface area (Å²) in [5, 5.41) is 11.6. The van der Waals surface area contributed by atoms with Crippen LogP contribution in [0.25, 0.3) is 0 Å². The third kappa shape index (κ3) is 4.61. The second-order valence-corrected chi connectivity index (χ2v) is 7.69. The number of carbonyl (C=O) groups is 1. The molecule has 1 N–H and O–H groups in total. The summed E-state index contributed by atoms with van der Waals surface area (Å²) >= 11 is 0. The number of nitrogens with zero attached hydrogens (tertiary/aromatic N) is 3. The standard InChI is InChI=1S/C23H29N3O3/c1-2-18-7-9-20(10-8-18)25-15-13-24(14-16-25)12-11-23(28)29-26-21-6-4-3-5-19(21)17-22(26)27/h3-10,23,28H,2,11-17H2,1H3. The summed E-state index contributed by atoms with van der Waals surface area (Å²) in [6.45, 7) is 6.76. The molecule has 0 radical (unpaired) electrons. The molecule has 1 atom stereocenters. The molecule has 2 aliphatic heterocycles. The fraction of sp³-hybridized carbons (Fsp3) is 0.435. The first-order valence-electron chi connectivity index (χ1n) is 10.5. The zero-order chi connectivity index (χ0) is 20.2. The minimum absolute atomic E-state index is 0.132. The molecule has 0 bridgehead atoms. The lowest BCUT2D eigenvalue weighted by atomic mass is 10.1. The Morgan fingerprint density at radius 2 is 1.76 bits per heavy atom. The molecule has 6 nitrogen and oxygen atoms in total. The molecular formula is C23H29N3O3. The molecule has 0 aliphatic carbocycles. The number of hydrogen-bond donors (Lipinski definition) is 1. The van der Waals surface area contributed by atoms with Crippen LogP contribution in [0.15, 0.2) is 48.5 Å². The number of fused-ring (bicyclic) bond motifs is 1. The number of benzene rings is 2. The van der Waals surface area contributed by atoms with Gasteiger partial charge in [0.15, 0.2) is 6.29 Å². The van der Waals surface area contributed by atoms with Gasteiger partial charge in [0.05, 0.1) is 12.1 Å². The van der Waals surface area contributed by atoms with Crippen LogP contribution in [0.2, 0.25) is 0 Å². The van der Waals surface area contributed by atoms with Crippen molar-refractivity contribution >= 4 is 17.3 Å². The van der Waals surface area contributed by atoms with E-state index in [-0.39, 0.29) is 5.91 Å². The second-order valence-electron chi connectivity index (χ2n) is 7.69. The maximum Gasteiger partial charge on any atom is 0.255 e. The van der Waals surface area contributed by atoms with Crippen molar-refractivity contribution < 1.29 is 14.7 Å². The van der Waals surface area contributed by atoms with Gasteiger partial charge in [-0.25, -0.2) is 4.84 Å². The predicted octanol–water partition coefficient (Wildman–Crippen LogP) is 2.60. The molecule has 0 saturated carbocycles. The van der Waals surface area contributed by atoms with Crippen molar-refractivity contribution in [2.75, 3.05) is 42.7 Å². The van der Waals surface area contributed by atoms with E-state index in [2.05, 4.69) is 41.0 Å². The van der Waals surface area contributed by atoms with E-state index in [9.17, 15) is 9.90 Å². The van der Waals surface area contributed by atoms with Gasteiger partial charge >= 0.3 is 0 Å². The molecule has 2 aromatic rings. The molecule has 6 heteroatoms. The van der Waals surface area contributed by atoms with Crippen LogP contribution in [0.3, 0.4) is 0 Å². The minimum atomic E-state index is -0.996. The molecule has 0 aromatic heterocycles. The van der Waals surface area contributed by atoms with E-state index in [0.717, 1.165) is 50.4 Å². The van der Waals surface area contributed by atoms with Crippen molar-refractivity contribution in [1.82, 2.24) is 4.90 Å². The van der Waals surface area contributed by atoms with Crippen molar-refractivity contribution in [2.24, 2.45) is 0 Å². The Hall–Kier alpha value is -2.41. The normalized spacial score (nSPS) is 18.2. The SMILES string of the molecule is CCc1ccc(N2CCN(CCC(O)ON3C(=O)Cc4ccccc43)CC2)cc1. The number of amides is 1. The first kappa shape index (κ1) is 19.9. The molecule has 1 fully saturated rings. The summed E-state index contributed by atoms with van der Waals surface area (Å²) < 4.78 is 0. The van der Waals surface area contributed by atoms with Crippen LogP contribution in [0, 0.1) is 0 Å². The fourth-order valence-corrected chi connectivity index (χ4v) is 3.98. The molecule has 1 amide bonds. The Balaban J connectivity index is 1.22. The number of aliphatic hydroxyl groups excluding tert-OH is 1. The van der Waals surface area contributed by atoms with Crippen LogP contribution in [0.4, 0.5) is 11.4 Å². The summed E-state index contributed by atoms with van der Waals surface area (Å²) in [7, 11) is 0. The van der Waals surface area contributed by atoms with E-state index < -0.39 is 6.29 Å². The number of piperazine rings is 1. The molecule has 4 rings (SSSR count). The highest BCUT2D eigenvalue weighted by Gasteiger charge is 2.30. The Morgan fingerprint density at radius 3 is 2.48 bits per heavy atom. The lowest BCUT2D eigenvalue weighted by molar-refractivity contribution is -0.146. The lowest BCUT2D eigenvalue weighted by Gasteiger charge is -2.36. The topological polar surface area (TPSA) is 56.2 Å². The molecule has 2 heterocycles. The van der Waals surface area contributed by atoms with Crippen molar-refractivity contribution in [3.8, 4) is 0 Å². The maximum atomic E-state index is 12.2. The molecule has 0 spiro atoms. The predicted molar refractivity (Wildman–Crippen MR) is 114 cm³/mol. The third-order valence-electron chi connectivity index (χ3n) is 5.78. The molecule has 154 valence electrons. The number of hydrogen-bond acceptors (Lipinski definition) is 5. The van der Waals surface area contributed by atoms with Crippen LogP contribution < -0.4 is 9.96 Å². The first-order valence-corrected chi connectivity index (χ1v) is 10.5. The van der Waals surface area contributed by atoms with Gasteiger partial charge in [0.1, 0.15) is 0 Å². The zero-order valence-electron chi connectivity index (χ0n) is 17.0. The largest absolute Gasteiger partial charge is 0.369 e. The number of carbonyl (C=O) groups excluding carboxylic acids is 1. The van der Waals surface area contributed by atoms with Crippen molar-refractivity contribution in [1.29, 1.82) is 0 Å². The van der Waals surface area contributed by atoms with Gasteiger partial charge in [0.25, 0.3) is 5.91 Å². The van der Waals surface area contributed by atoms with E-state index in [4.69, 9.17) is 4.84 Å². The number of para-hydroxylation sites is 1. The second kappa shape index (κ2) is 8.95. The number of aliphatic hydroxyl groups is 1. The van der Waals surface area contributed by atoms with Crippen molar-refractivity contribution in [3.63, 3.8) is 0 Å². The lowest BCUT2D eigenvalue weighted by Crippen LogP contribution is -2.47. The summed E-state index contributed by atoms with van der Waals surface area (Å²) in [5.41, 5.74) is 4.31. The molecule has 1 saturated heterocycles. The van der Waals surface area contributed by atoms with E-state index in [1.54, 1.807) is 0 Å². The minimum Gasteiger partial charge on any atom is -0.369 e. The van der Waals surface area contributed by atoms with E-state index >= 15 is 0 Å². The van der Waals surface area contributed by atoms with Gasteiger partial charge in [0, 0.05) is 44.8 Å². The van der Waals surface area contributed by atoms with Gasteiger partial charge in [-0.1, -0.05) is 37.3 Å². The Morgan fingerprint density at radius 1 is 1.03 bits per heavy atom. The zero-order valence-corrected chi connectivity index (χ0v) is 17.0. The molecular weight excluding hydrogens is 366 g/mol. The van der Waals surface area contributed by atoms with Gasteiger partial charge in [-0.3, -0.25) is 9.69 Å². The smallest absolute Gasteiger partial charge is 0.255 e. The summed E-state index contributed by atoms with van der Waals surface area (Å²) in [5.74, 6) is -0.132. The molecule has 2 aromatic carbocycles. The molecule has 29 heavy (non-hydrogen) atoms. The van der Waals surface area contributed by atoms with Gasteiger partial charge in [0.2, 0.25) is 0 Å². The van der Waals surface area contributed by atoms with Gasteiger partial charge in [-0.05, 0) is 35.7 Å². The van der Waals surface area contributed by atoms with Crippen LogP contribution in [-0.2, 0) is 22.5 Å². The van der Waals surface area contributed by atoms with Crippen LogP contribution >= 0.6 is 0 Å². The average Bonchev–Trinajstić information content (AvgIpc) is 3.08. The fourth-order valence-electron chi connectivity index (χ4n) is 3.98. The Bertz CT molecular complexity index is 832. The highest BCUT2D eigenvalue weighted by atomic mass is 16.8. The van der Waals surface area contributed by atoms with Crippen molar-refractivity contribution in [2.45, 2.75) is 32.5 Å². The monoisotopic (exact) mass is 395 g/mol. The number of rotatable bonds is 7. The Kier molecular flexibility index (Phi) is 6.13. The Labute approximate surface area is 172 Å². The first-order chi connectivity index (χ1) is 14.1. The highest BCUT2D eigenvalue weighted by Crippen LogP contribution is 2.29. The van der Waals surface area contributed by atoms with Crippen LogP contribution in [0.5, 0.6) is 0 Å². The number of hydroxylamine groups is 1. The van der Waals surface area contributed by atoms with Gasteiger partial charge < -0.3 is 10.0 Å². The summed E-state index contributed by atoms with van der Waals surface area (Å²) in [6, 6.07) is 16.4. The highest BCUT2D eigenvalue weighted by molar-refractivity contribution is 5.99. The molecule has 1 unspecified atom stereocenters. The summed E-state index contributed by atoms with van der Waals surface area (Å²) in [6.07, 6.45) is 0.860. The van der Waals surface area contributed by atoms with Crippen LogP contribution in [0.1, 0.15) is 24.5 Å². The number of aryl methyl sites for hydroxylation is 1. The average molecular weight is 396 g/mol. The van der Waals surface area contributed by atoms with E-state index in [1.807, 2.05) is 24.3 Å². The van der Waals surface area contributed by atoms with Gasteiger partial charge in [-0.15, -0.1) is 0 Å². The van der Waals surface area contributed by atoms with E-state index in [1.165, 1.54) is 16.3 Å². The molecule has 2 aliphatic rings. The van der Waals surface area contributed by atoms with Gasteiger partial charge in [-0.2, -0.15) is 5.06 Å². The van der Waals surface area contributed by atoms with Crippen LogP contribution in [-0.4, -0.2) is 54.9 Å². The van der Waals surface area contributed by atoms with Crippen molar-refractivity contribution in [3.05, 3.63) is 59.7 Å².